The molecule has 0 aliphatic carbocycles. The second-order valence-corrected chi connectivity index (χ2v) is 5.33. The molecule has 0 spiro atoms. The van der Waals surface area contributed by atoms with E-state index in [1.54, 1.807) is 12.4 Å². The van der Waals surface area contributed by atoms with Crippen molar-refractivity contribution in [1.29, 1.82) is 0 Å². The molecule has 1 fully saturated rings. The van der Waals surface area contributed by atoms with Gasteiger partial charge in [-0.25, -0.2) is 0 Å². The molecule has 0 amide bonds. The summed E-state index contributed by atoms with van der Waals surface area (Å²) >= 11 is 0. The smallest absolute Gasteiger partial charge is 0.227 e. The van der Waals surface area contributed by atoms with E-state index >= 15 is 0 Å². The normalized spacial score (nSPS) is 18.4. The molecule has 3 aromatic rings. The topological polar surface area (TPSA) is 76.7 Å². The Hall–Kier alpha value is -2.34. The van der Waals surface area contributed by atoms with E-state index in [0.29, 0.717) is 17.6 Å². The van der Waals surface area contributed by atoms with E-state index in [4.69, 9.17) is 4.52 Å². The number of hydrogen-bond acceptors (Lipinski definition) is 6. The summed E-state index contributed by atoms with van der Waals surface area (Å²) in [5.74, 6) is 1.92. The van der Waals surface area contributed by atoms with Crippen molar-refractivity contribution in [2.24, 2.45) is 5.92 Å². The van der Waals surface area contributed by atoms with Crippen molar-refractivity contribution in [2.75, 3.05) is 13.1 Å². The standard InChI is InChI=1S/C15H15N5O/c1-2-12-13(18-6-5-17-12)8-11(1)15-19-14(21-20-15)7-10-3-4-16-9-10/h1-2,5-6,8,10,16H,3-4,7,9H2. The maximum absolute atomic E-state index is 5.37. The molecule has 3 heterocycles. The summed E-state index contributed by atoms with van der Waals surface area (Å²) in [5, 5.41) is 7.43. The first-order chi connectivity index (χ1) is 10.4. The van der Waals surface area contributed by atoms with Gasteiger partial charge in [0.15, 0.2) is 0 Å². The van der Waals surface area contributed by atoms with Gasteiger partial charge in [0.1, 0.15) is 0 Å². The van der Waals surface area contributed by atoms with Crippen LogP contribution in [-0.4, -0.2) is 33.2 Å². The summed E-state index contributed by atoms with van der Waals surface area (Å²) in [6, 6.07) is 5.81. The fourth-order valence-electron chi connectivity index (χ4n) is 2.69. The number of hydrogen-bond donors (Lipinski definition) is 1. The maximum Gasteiger partial charge on any atom is 0.227 e. The van der Waals surface area contributed by atoms with Crippen LogP contribution in [0.25, 0.3) is 22.4 Å². The van der Waals surface area contributed by atoms with Gasteiger partial charge >= 0.3 is 0 Å². The van der Waals surface area contributed by atoms with E-state index in [1.807, 2.05) is 18.2 Å². The van der Waals surface area contributed by atoms with E-state index in [0.717, 1.165) is 36.1 Å². The minimum absolute atomic E-state index is 0.598. The van der Waals surface area contributed by atoms with Gasteiger partial charge in [0.2, 0.25) is 11.7 Å². The first-order valence-corrected chi connectivity index (χ1v) is 7.13. The molecular weight excluding hydrogens is 266 g/mol. The highest BCUT2D eigenvalue weighted by molar-refractivity contribution is 5.79. The van der Waals surface area contributed by atoms with Crippen LogP contribution in [0.4, 0.5) is 0 Å². The van der Waals surface area contributed by atoms with E-state index < -0.39 is 0 Å². The third-order valence-corrected chi connectivity index (χ3v) is 3.82. The summed E-state index contributed by atoms with van der Waals surface area (Å²) in [5.41, 5.74) is 2.60. The van der Waals surface area contributed by atoms with Gasteiger partial charge in [0, 0.05) is 24.4 Å². The molecule has 4 rings (SSSR count). The number of rotatable bonds is 3. The van der Waals surface area contributed by atoms with Crippen molar-refractivity contribution in [1.82, 2.24) is 25.4 Å². The molecular formula is C15H15N5O. The fraction of sp³-hybridized carbons (Fsp3) is 0.333. The number of nitrogens with zero attached hydrogens (tertiary/aromatic N) is 4. The zero-order valence-electron chi connectivity index (χ0n) is 11.5. The zero-order chi connectivity index (χ0) is 14.1. The molecule has 1 saturated heterocycles. The minimum Gasteiger partial charge on any atom is -0.339 e. The molecule has 1 unspecified atom stereocenters. The lowest BCUT2D eigenvalue weighted by molar-refractivity contribution is 0.358. The number of aromatic nitrogens is 4. The second kappa shape index (κ2) is 5.21. The largest absolute Gasteiger partial charge is 0.339 e. The van der Waals surface area contributed by atoms with Gasteiger partial charge in [-0.15, -0.1) is 0 Å². The van der Waals surface area contributed by atoms with Crippen LogP contribution in [0.3, 0.4) is 0 Å². The Bertz CT molecular complexity index is 763. The lowest BCUT2D eigenvalue weighted by Gasteiger charge is -2.01. The fourth-order valence-corrected chi connectivity index (χ4v) is 2.69. The van der Waals surface area contributed by atoms with Crippen molar-refractivity contribution >= 4 is 11.0 Å². The van der Waals surface area contributed by atoms with E-state index in [-0.39, 0.29) is 0 Å². The highest BCUT2D eigenvalue weighted by atomic mass is 16.5. The maximum atomic E-state index is 5.37. The Balaban J connectivity index is 1.61. The molecule has 1 aliphatic rings. The van der Waals surface area contributed by atoms with Crippen LogP contribution in [0, 0.1) is 5.92 Å². The molecule has 1 atom stereocenters. The average Bonchev–Trinajstić information content (AvgIpc) is 3.19. The van der Waals surface area contributed by atoms with Gasteiger partial charge in [0.05, 0.1) is 11.0 Å². The molecule has 0 radical (unpaired) electrons. The summed E-state index contributed by atoms with van der Waals surface area (Å²) in [4.78, 5) is 13.1. The van der Waals surface area contributed by atoms with E-state index in [2.05, 4.69) is 25.4 Å². The van der Waals surface area contributed by atoms with Gasteiger partial charge in [-0.3, -0.25) is 9.97 Å². The molecule has 6 nitrogen and oxygen atoms in total. The van der Waals surface area contributed by atoms with Gasteiger partial charge in [-0.1, -0.05) is 5.16 Å². The van der Waals surface area contributed by atoms with Crippen molar-refractivity contribution < 1.29 is 4.52 Å². The van der Waals surface area contributed by atoms with Crippen LogP contribution in [-0.2, 0) is 6.42 Å². The number of fused-ring (bicyclic) bond motifs is 1. The molecule has 2 aromatic heterocycles. The van der Waals surface area contributed by atoms with Gasteiger partial charge in [-0.2, -0.15) is 4.98 Å². The molecule has 0 saturated carbocycles. The quantitative estimate of drug-likeness (QED) is 0.789. The monoisotopic (exact) mass is 281 g/mol. The van der Waals surface area contributed by atoms with Crippen LogP contribution in [0.2, 0.25) is 0 Å². The van der Waals surface area contributed by atoms with Crippen molar-refractivity contribution in [3.63, 3.8) is 0 Å². The predicted molar refractivity (Wildman–Crippen MR) is 77.5 cm³/mol. The summed E-state index contributed by atoms with van der Waals surface area (Å²) in [6.45, 7) is 2.11. The Morgan fingerprint density at radius 3 is 2.95 bits per heavy atom. The van der Waals surface area contributed by atoms with Crippen LogP contribution in [0.15, 0.2) is 35.1 Å². The average molecular weight is 281 g/mol. The van der Waals surface area contributed by atoms with Crippen LogP contribution in [0.5, 0.6) is 0 Å². The van der Waals surface area contributed by atoms with Gasteiger partial charge in [-0.05, 0) is 43.6 Å². The number of nitrogens with one attached hydrogen (secondary N) is 1. The predicted octanol–water partition coefficient (Wildman–Crippen LogP) is 1.83. The van der Waals surface area contributed by atoms with Crippen LogP contribution >= 0.6 is 0 Å². The SMILES string of the molecule is c1cnc2cc(-c3noc(CC4CCNC4)n3)ccc2n1. The number of benzene rings is 1. The van der Waals surface area contributed by atoms with Gasteiger partial charge in [0.25, 0.3) is 0 Å². The van der Waals surface area contributed by atoms with Gasteiger partial charge < -0.3 is 9.84 Å². The molecule has 106 valence electrons. The Labute approximate surface area is 121 Å². The molecule has 1 N–H and O–H groups in total. The third-order valence-electron chi connectivity index (χ3n) is 3.82. The van der Waals surface area contributed by atoms with Crippen molar-refractivity contribution in [3.8, 4) is 11.4 Å². The Morgan fingerprint density at radius 1 is 1.19 bits per heavy atom. The van der Waals surface area contributed by atoms with E-state index in [1.165, 1.54) is 6.42 Å². The first-order valence-electron chi connectivity index (χ1n) is 7.13. The second-order valence-electron chi connectivity index (χ2n) is 5.33. The molecule has 0 bridgehead atoms. The van der Waals surface area contributed by atoms with Crippen molar-refractivity contribution in [2.45, 2.75) is 12.8 Å². The van der Waals surface area contributed by atoms with E-state index in [9.17, 15) is 0 Å². The molecule has 6 heteroatoms. The third kappa shape index (κ3) is 2.50. The molecule has 1 aromatic carbocycles. The Morgan fingerprint density at radius 2 is 2.10 bits per heavy atom. The summed E-state index contributed by atoms with van der Waals surface area (Å²) < 4.78 is 5.37. The van der Waals surface area contributed by atoms with Crippen molar-refractivity contribution in [3.05, 3.63) is 36.5 Å². The summed E-state index contributed by atoms with van der Waals surface area (Å²) in [7, 11) is 0. The zero-order valence-corrected chi connectivity index (χ0v) is 11.5. The van der Waals surface area contributed by atoms with Crippen LogP contribution < -0.4 is 5.32 Å². The summed E-state index contributed by atoms with van der Waals surface area (Å²) in [6.07, 6.45) is 5.38. The highest BCUT2D eigenvalue weighted by Gasteiger charge is 2.18. The lowest BCUT2D eigenvalue weighted by Crippen LogP contribution is -2.10. The lowest BCUT2D eigenvalue weighted by atomic mass is 10.1. The highest BCUT2D eigenvalue weighted by Crippen LogP contribution is 2.21. The molecule has 21 heavy (non-hydrogen) atoms. The minimum atomic E-state index is 0.598. The van der Waals surface area contributed by atoms with Crippen LogP contribution in [0.1, 0.15) is 12.3 Å². The molecule has 1 aliphatic heterocycles. The Kier molecular flexibility index (Phi) is 3.08. The first kappa shape index (κ1) is 12.4.